The normalized spacial score (nSPS) is 13.3. The van der Waals surface area contributed by atoms with Gasteiger partial charge in [0, 0.05) is 38.2 Å². The van der Waals surface area contributed by atoms with Crippen LogP contribution in [0.5, 0.6) is 0 Å². The molecule has 0 spiro atoms. The van der Waals surface area contributed by atoms with Crippen LogP contribution in [-0.2, 0) is 22.6 Å². The second-order valence-electron chi connectivity index (χ2n) is 5.17. The Kier molecular flexibility index (Phi) is 7.23. The molecule has 1 aromatic rings. The molecule has 0 fully saturated rings. The van der Waals surface area contributed by atoms with Crippen molar-refractivity contribution in [3.8, 4) is 0 Å². The molecule has 0 unspecified atom stereocenters. The number of nitro groups is 1. The Balaban J connectivity index is 0.00000288. The highest BCUT2D eigenvalue weighted by Crippen LogP contribution is 2.31. The Morgan fingerprint density at radius 3 is 2.38 bits per heavy atom. The van der Waals surface area contributed by atoms with Crippen molar-refractivity contribution in [3.63, 3.8) is 0 Å². The number of carbonyl (C=O) groups is 2. The summed E-state index contributed by atoms with van der Waals surface area (Å²) >= 11 is 0. The first kappa shape index (κ1) is 20.0. The van der Waals surface area contributed by atoms with E-state index in [-0.39, 0.29) is 63.1 Å². The van der Waals surface area contributed by atoms with Crippen molar-refractivity contribution in [3.05, 3.63) is 33.4 Å². The fraction of sp³-hybridized carbons (Fsp3) is 0.429. The quantitative estimate of drug-likeness (QED) is 0.350. The molecule has 0 radical (unpaired) electrons. The van der Waals surface area contributed by atoms with E-state index in [4.69, 9.17) is 10.2 Å². The molecule has 2 rings (SSSR count). The number of benzene rings is 1. The van der Waals surface area contributed by atoms with Crippen molar-refractivity contribution in [2.45, 2.75) is 13.0 Å². The minimum Gasteiger partial charge on any atom is -0.395 e. The summed E-state index contributed by atoms with van der Waals surface area (Å²) in [5, 5.41) is 31.5. The molecule has 1 aliphatic heterocycles. The summed E-state index contributed by atoms with van der Waals surface area (Å²) in [5.74, 6) is -1.39. The van der Waals surface area contributed by atoms with Crippen molar-refractivity contribution in [2.24, 2.45) is 0 Å². The Bertz CT molecular complexity index is 646. The maximum atomic E-state index is 11.6. The van der Waals surface area contributed by atoms with Crippen molar-refractivity contribution < 1.29 is 24.7 Å². The molecule has 0 aliphatic carbocycles. The Labute approximate surface area is 143 Å². The van der Waals surface area contributed by atoms with Gasteiger partial charge in [-0.15, -0.1) is 12.4 Å². The van der Waals surface area contributed by atoms with Gasteiger partial charge in [0.2, 0.25) is 5.78 Å². The lowest BCUT2D eigenvalue weighted by Gasteiger charge is -2.24. The van der Waals surface area contributed by atoms with Gasteiger partial charge < -0.3 is 15.5 Å². The number of nitro benzene ring substituents is 1. The van der Waals surface area contributed by atoms with E-state index in [9.17, 15) is 19.7 Å². The molecule has 1 amide bonds. The summed E-state index contributed by atoms with van der Waals surface area (Å²) < 4.78 is 0. The number of hydrogen-bond donors (Lipinski definition) is 3. The van der Waals surface area contributed by atoms with Crippen LogP contribution >= 0.6 is 12.4 Å². The van der Waals surface area contributed by atoms with Gasteiger partial charge in [0.15, 0.2) is 0 Å². The standard InChI is InChI=1S/C14H17N3O6.ClH/c18-3-1-16(2-4-19)8-9-5-10(17(22)23)6-12-11(9)7-13(20)14(21)15-12;/h5-6,18-19H,1-4,7-8H2,(H,15,21);1H. The number of non-ortho nitro benzene ring substituents is 1. The summed E-state index contributed by atoms with van der Waals surface area (Å²) in [6.07, 6.45) is -0.124. The van der Waals surface area contributed by atoms with E-state index in [1.165, 1.54) is 12.1 Å². The van der Waals surface area contributed by atoms with Crippen LogP contribution < -0.4 is 5.32 Å². The fourth-order valence-electron chi connectivity index (χ4n) is 2.51. The van der Waals surface area contributed by atoms with Gasteiger partial charge >= 0.3 is 0 Å². The van der Waals surface area contributed by atoms with Crippen molar-refractivity contribution >= 4 is 35.5 Å². The number of aliphatic hydroxyl groups is 2. The summed E-state index contributed by atoms with van der Waals surface area (Å²) in [4.78, 5) is 35.3. The van der Waals surface area contributed by atoms with E-state index in [0.29, 0.717) is 11.1 Å². The third-order valence-corrected chi connectivity index (χ3v) is 3.60. The molecule has 132 valence electrons. The number of Topliss-reactive ketones (excluding diaryl/α,β-unsaturated/α-hetero) is 1. The predicted octanol–water partition coefficient (Wildman–Crippen LogP) is -0.133. The number of amides is 1. The van der Waals surface area contributed by atoms with Crippen LogP contribution in [0.15, 0.2) is 12.1 Å². The van der Waals surface area contributed by atoms with Crippen LogP contribution in [0.4, 0.5) is 11.4 Å². The van der Waals surface area contributed by atoms with E-state index >= 15 is 0 Å². The smallest absolute Gasteiger partial charge is 0.292 e. The highest BCUT2D eigenvalue weighted by molar-refractivity contribution is 6.42. The molecule has 1 aromatic carbocycles. The first-order valence-corrected chi connectivity index (χ1v) is 7.04. The zero-order valence-corrected chi connectivity index (χ0v) is 13.5. The second kappa shape index (κ2) is 8.69. The van der Waals surface area contributed by atoms with Crippen LogP contribution in [0.25, 0.3) is 0 Å². The van der Waals surface area contributed by atoms with Gasteiger partial charge in [-0.25, -0.2) is 0 Å². The lowest BCUT2D eigenvalue weighted by Crippen LogP contribution is -2.33. The minimum atomic E-state index is -0.786. The van der Waals surface area contributed by atoms with Crippen LogP contribution in [0.1, 0.15) is 11.1 Å². The lowest BCUT2D eigenvalue weighted by atomic mass is 9.95. The van der Waals surface area contributed by atoms with Gasteiger partial charge in [-0.1, -0.05) is 0 Å². The van der Waals surface area contributed by atoms with E-state index < -0.39 is 16.6 Å². The number of nitrogens with zero attached hydrogens (tertiary/aromatic N) is 2. The number of fused-ring (bicyclic) bond motifs is 1. The van der Waals surface area contributed by atoms with Gasteiger partial charge in [-0.2, -0.15) is 0 Å². The maximum absolute atomic E-state index is 11.6. The SMILES string of the molecule is Cl.O=C1Cc2c(CN(CCO)CCO)cc([N+](=O)[O-])cc2NC1=O. The molecule has 3 N–H and O–H groups in total. The van der Waals surface area contributed by atoms with E-state index in [0.717, 1.165) is 0 Å². The van der Waals surface area contributed by atoms with Crippen molar-refractivity contribution in [1.29, 1.82) is 0 Å². The average molecular weight is 360 g/mol. The van der Waals surface area contributed by atoms with E-state index in [1.807, 2.05) is 0 Å². The number of nitrogens with one attached hydrogen (secondary N) is 1. The highest BCUT2D eigenvalue weighted by Gasteiger charge is 2.28. The first-order chi connectivity index (χ1) is 11.0. The van der Waals surface area contributed by atoms with Gasteiger partial charge in [0.25, 0.3) is 11.6 Å². The number of halogens is 1. The van der Waals surface area contributed by atoms with Gasteiger partial charge in [0.05, 0.1) is 23.8 Å². The number of carbonyl (C=O) groups excluding carboxylic acids is 2. The van der Waals surface area contributed by atoms with E-state index in [2.05, 4.69) is 5.32 Å². The zero-order chi connectivity index (χ0) is 17.0. The summed E-state index contributed by atoms with van der Waals surface area (Å²) in [6, 6.07) is 2.58. The number of aliphatic hydroxyl groups excluding tert-OH is 2. The molecular weight excluding hydrogens is 342 g/mol. The Morgan fingerprint density at radius 2 is 1.83 bits per heavy atom. The molecule has 0 saturated carbocycles. The van der Waals surface area contributed by atoms with Crippen LogP contribution in [-0.4, -0.2) is 58.0 Å². The van der Waals surface area contributed by atoms with Crippen molar-refractivity contribution in [2.75, 3.05) is 31.6 Å². The number of hydrogen-bond acceptors (Lipinski definition) is 7. The average Bonchev–Trinajstić information content (AvgIpc) is 2.49. The monoisotopic (exact) mass is 359 g/mol. The molecule has 9 nitrogen and oxygen atoms in total. The highest BCUT2D eigenvalue weighted by atomic mass is 35.5. The van der Waals surface area contributed by atoms with Crippen LogP contribution in [0.3, 0.4) is 0 Å². The minimum absolute atomic E-state index is 0. The zero-order valence-electron chi connectivity index (χ0n) is 12.7. The second-order valence-corrected chi connectivity index (χ2v) is 5.17. The summed E-state index contributed by atoms with van der Waals surface area (Å²) in [6.45, 7) is 0.504. The molecular formula is C14H18ClN3O6. The van der Waals surface area contributed by atoms with E-state index in [1.54, 1.807) is 4.90 Å². The molecule has 10 heteroatoms. The van der Waals surface area contributed by atoms with Crippen molar-refractivity contribution in [1.82, 2.24) is 4.90 Å². The van der Waals surface area contributed by atoms with Crippen LogP contribution in [0.2, 0.25) is 0 Å². The van der Waals surface area contributed by atoms with Gasteiger partial charge in [0.1, 0.15) is 0 Å². The summed E-state index contributed by atoms with van der Waals surface area (Å²) in [7, 11) is 0. The van der Waals surface area contributed by atoms with Gasteiger partial charge in [-0.3, -0.25) is 24.6 Å². The fourth-order valence-corrected chi connectivity index (χ4v) is 2.51. The maximum Gasteiger partial charge on any atom is 0.292 e. The molecule has 0 atom stereocenters. The summed E-state index contributed by atoms with van der Waals surface area (Å²) in [5.41, 5.74) is 1.11. The number of rotatable bonds is 7. The first-order valence-electron chi connectivity index (χ1n) is 7.04. The van der Waals surface area contributed by atoms with Gasteiger partial charge in [-0.05, 0) is 11.1 Å². The molecule has 0 aromatic heterocycles. The molecule has 1 aliphatic rings. The lowest BCUT2D eigenvalue weighted by molar-refractivity contribution is -0.384. The Morgan fingerprint density at radius 1 is 1.21 bits per heavy atom. The van der Waals surface area contributed by atoms with Crippen LogP contribution in [0, 0.1) is 10.1 Å². The largest absolute Gasteiger partial charge is 0.395 e. The molecule has 0 bridgehead atoms. The third kappa shape index (κ3) is 4.48. The molecule has 0 saturated heterocycles. The Hall–Kier alpha value is -2.07. The molecule has 24 heavy (non-hydrogen) atoms. The third-order valence-electron chi connectivity index (χ3n) is 3.60. The topological polar surface area (TPSA) is 133 Å². The number of ketones is 1. The molecule has 1 heterocycles. The predicted molar refractivity (Wildman–Crippen MR) is 87.1 cm³/mol. The number of anilines is 1.